The van der Waals surface area contributed by atoms with E-state index < -0.39 is 0 Å². The maximum atomic E-state index is 12.1. The van der Waals surface area contributed by atoms with Crippen molar-refractivity contribution >= 4 is 23.3 Å². The van der Waals surface area contributed by atoms with E-state index in [1.807, 2.05) is 0 Å². The van der Waals surface area contributed by atoms with Gasteiger partial charge in [0.15, 0.2) is 0 Å². The lowest BCUT2D eigenvalue weighted by Gasteiger charge is -2.31. The van der Waals surface area contributed by atoms with Crippen LogP contribution in [0.4, 0.5) is 16.2 Å². The van der Waals surface area contributed by atoms with Crippen LogP contribution in [0.25, 0.3) is 0 Å². The lowest BCUT2D eigenvalue weighted by Crippen LogP contribution is -2.44. The van der Waals surface area contributed by atoms with Gasteiger partial charge in [0, 0.05) is 37.4 Å². The van der Waals surface area contributed by atoms with Crippen LogP contribution in [0.1, 0.15) is 12.8 Å². The van der Waals surface area contributed by atoms with Gasteiger partial charge in [-0.15, -0.1) is 0 Å². The topological polar surface area (TPSA) is 87.5 Å². The number of nitrogens with two attached hydrogens (primary N) is 1. The molecular formula is C14H20N4O2. The van der Waals surface area contributed by atoms with Crippen LogP contribution in [0, 0.1) is 5.92 Å². The van der Waals surface area contributed by atoms with E-state index >= 15 is 0 Å². The molecule has 6 nitrogen and oxygen atoms in total. The zero-order valence-electron chi connectivity index (χ0n) is 11.6. The summed E-state index contributed by atoms with van der Waals surface area (Å²) >= 11 is 0. The van der Waals surface area contributed by atoms with E-state index in [0.29, 0.717) is 31.6 Å². The van der Waals surface area contributed by atoms with Crippen molar-refractivity contribution in [2.24, 2.45) is 5.92 Å². The Balaban J connectivity index is 1.85. The van der Waals surface area contributed by atoms with Crippen molar-refractivity contribution in [1.29, 1.82) is 0 Å². The summed E-state index contributed by atoms with van der Waals surface area (Å²) in [5.41, 5.74) is 6.98. The summed E-state index contributed by atoms with van der Waals surface area (Å²) in [5, 5.41) is 5.48. The Morgan fingerprint density at radius 3 is 2.35 bits per heavy atom. The molecule has 0 radical (unpaired) electrons. The van der Waals surface area contributed by atoms with Gasteiger partial charge in [-0.05, 0) is 37.1 Å². The van der Waals surface area contributed by atoms with E-state index in [1.165, 1.54) is 0 Å². The summed E-state index contributed by atoms with van der Waals surface area (Å²) in [5.74, 6) is 0.0733. The molecule has 1 aliphatic rings. The number of urea groups is 1. The van der Waals surface area contributed by atoms with Gasteiger partial charge >= 0.3 is 6.03 Å². The van der Waals surface area contributed by atoms with Crippen molar-refractivity contribution in [3.63, 3.8) is 0 Å². The summed E-state index contributed by atoms with van der Waals surface area (Å²) in [6, 6.07) is 6.89. The largest absolute Gasteiger partial charge is 0.399 e. The number of amides is 3. The van der Waals surface area contributed by atoms with Crippen LogP contribution in [0.15, 0.2) is 24.3 Å². The summed E-state index contributed by atoms with van der Waals surface area (Å²) in [6.45, 7) is 1.19. The number of piperidine rings is 1. The number of rotatable bonds is 2. The molecule has 0 atom stereocenters. The van der Waals surface area contributed by atoms with Crippen LogP contribution >= 0.6 is 0 Å². The van der Waals surface area contributed by atoms with Crippen molar-refractivity contribution in [1.82, 2.24) is 10.2 Å². The number of anilines is 2. The quantitative estimate of drug-likeness (QED) is 0.711. The molecule has 0 aromatic heterocycles. The van der Waals surface area contributed by atoms with Crippen molar-refractivity contribution in [3.8, 4) is 0 Å². The van der Waals surface area contributed by atoms with Crippen LogP contribution in [0.3, 0.4) is 0 Å². The standard InChI is InChI=1S/C14H20N4O2/c1-16-13(19)10-6-8-18(9-7-10)14(20)17-12-4-2-11(15)3-5-12/h2-5,10H,6-9,15H2,1H3,(H,16,19)(H,17,20). The predicted octanol–water partition coefficient (Wildman–Crippen LogP) is 1.26. The van der Waals surface area contributed by atoms with Crippen LogP contribution in [-0.2, 0) is 4.79 Å². The SMILES string of the molecule is CNC(=O)C1CCN(C(=O)Nc2ccc(N)cc2)CC1. The summed E-state index contributed by atoms with van der Waals surface area (Å²) in [6.07, 6.45) is 1.41. The molecule has 1 aliphatic heterocycles. The van der Waals surface area contributed by atoms with Gasteiger partial charge in [-0.25, -0.2) is 4.79 Å². The lowest BCUT2D eigenvalue weighted by molar-refractivity contribution is -0.125. The highest BCUT2D eigenvalue weighted by atomic mass is 16.2. The van der Waals surface area contributed by atoms with Gasteiger partial charge in [-0.1, -0.05) is 0 Å². The van der Waals surface area contributed by atoms with Crippen molar-refractivity contribution in [2.75, 3.05) is 31.2 Å². The molecule has 1 saturated heterocycles. The molecule has 20 heavy (non-hydrogen) atoms. The third-order valence-electron chi connectivity index (χ3n) is 3.56. The third kappa shape index (κ3) is 3.40. The number of benzene rings is 1. The second-order valence-corrected chi connectivity index (χ2v) is 4.93. The van der Waals surface area contributed by atoms with Crippen molar-refractivity contribution < 1.29 is 9.59 Å². The maximum Gasteiger partial charge on any atom is 0.321 e. The molecule has 108 valence electrons. The minimum atomic E-state index is -0.134. The first-order valence-electron chi connectivity index (χ1n) is 6.73. The van der Waals surface area contributed by atoms with Crippen molar-refractivity contribution in [2.45, 2.75) is 12.8 Å². The lowest BCUT2D eigenvalue weighted by atomic mass is 9.96. The Kier molecular flexibility index (Phi) is 4.45. The zero-order chi connectivity index (χ0) is 14.5. The average molecular weight is 276 g/mol. The summed E-state index contributed by atoms with van der Waals surface area (Å²) < 4.78 is 0. The first kappa shape index (κ1) is 14.2. The van der Waals surface area contributed by atoms with Gasteiger partial charge in [0.25, 0.3) is 0 Å². The second-order valence-electron chi connectivity index (χ2n) is 4.93. The van der Waals surface area contributed by atoms with Gasteiger partial charge < -0.3 is 21.3 Å². The van der Waals surface area contributed by atoms with E-state index in [1.54, 1.807) is 36.2 Å². The molecule has 1 heterocycles. The summed E-state index contributed by atoms with van der Waals surface area (Å²) in [4.78, 5) is 25.3. The Bertz CT molecular complexity index is 478. The van der Waals surface area contributed by atoms with Gasteiger partial charge in [-0.2, -0.15) is 0 Å². The highest BCUT2D eigenvalue weighted by Gasteiger charge is 2.26. The van der Waals surface area contributed by atoms with E-state index in [4.69, 9.17) is 5.73 Å². The van der Waals surface area contributed by atoms with E-state index in [-0.39, 0.29) is 17.9 Å². The molecule has 3 amide bonds. The fourth-order valence-corrected chi connectivity index (χ4v) is 2.32. The average Bonchev–Trinajstić information content (AvgIpc) is 2.49. The maximum absolute atomic E-state index is 12.1. The molecule has 4 N–H and O–H groups in total. The molecule has 1 aromatic rings. The second kappa shape index (κ2) is 6.27. The Morgan fingerprint density at radius 2 is 1.80 bits per heavy atom. The number of nitrogens with zero attached hydrogens (tertiary/aromatic N) is 1. The summed E-state index contributed by atoms with van der Waals surface area (Å²) in [7, 11) is 1.64. The number of hydrogen-bond acceptors (Lipinski definition) is 3. The fraction of sp³-hybridized carbons (Fsp3) is 0.429. The zero-order valence-corrected chi connectivity index (χ0v) is 11.6. The van der Waals surface area contributed by atoms with Crippen LogP contribution in [0.5, 0.6) is 0 Å². The minimum absolute atomic E-state index is 0.0144. The number of likely N-dealkylation sites (tertiary alicyclic amines) is 1. The van der Waals surface area contributed by atoms with E-state index in [2.05, 4.69) is 10.6 Å². The fourth-order valence-electron chi connectivity index (χ4n) is 2.32. The Morgan fingerprint density at radius 1 is 1.20 bits per heavy atom. The molecule has 1 aromatic carbocycles. The Hall–Kier alpha value is -2.24. The normalized spacial score (nSPS) is 15.8. The molecule has 0 aliphatic carbocycles. The van der Waals surface area contributed by atoms with Crippen LogP contribution < -0.4 is 16.4 Å². The highest BCUT2D eigenvalue weighted by molar-refractivity contribution is 5.89. The van der Waals surface area contributed by atoms with E-state index in [0.717, 1.165) is 5.69 Å². The van der Waals surface area contributed by atoms with Gasteiger partial charge in [0.2, 0.25) is 5.91 Å². The number of nitrogens with one attached hydrogen (secondary N) is 2. The molecule has 2 rings (SSSR count). The monoisotopic (exact) mass is 276 g/mol. The molecule has 0 saturated carbocycles. The predicted molar refractivity (Wildman–Crippen MR) is 78.2 cm³/mol. The number of nitrogen functional groups attached to an aromatic ring is 1. The number of carbonyl (C=O) groups excluding carboxylic acids is 2. The first-order valence-corrected chi connectivity index (χ1v) is 6.73. The van der Waals surface area contributed by atoms with Crippen LogP contribution in [-0.4, -0.2) is 37.0 Å². The Labute approximate surface area is 118 Å². The number of carbonyl (C=O) groups is 2. The highest BCUT2D eigenvalue weighted by Crippen LogP contribution is 2.18. The third-order valence-corrected chi connectivity index (χ3v) is 3.56. The molecule has 0 bridgehead atoms. The number of hydrogen-bond donors (Lipinski definition) is 3. The molecule has 0 unspecified atom stereocenters. The molecular weight excluding hydrogens is 256 g/mol. The van der Waals surface area contributed by atoms with Crippen molar-refractivity contribution in [3.05, 3.63) is 24.3 Å². The van der Waals surface area contributed by atoms with Gasteiger partial charge in [0.05, 0.1) is 0 Å². The smallest absolute Gasteiger partial charge is 0.321 e. The first-order chi connectivity index (χ1) is 9.60. The van der Waals surface area contributed by atoms with Gasteiger partial charge in [-0.3, -0.25) is 4.79 Å². The molecule has 1 fully saturated rings. The molecule has 0 spiro atoms. The van der Waals surface area contributed by atoms with Crippen LogP contribution in [0.2, 0.25) is 0 Å². The van der Waals surface area contributed by atoms with E-state index in [9.17, 15) is 9.59 Å². The minimum Gasteiger partial charge on any atom is -0.399 e. The van der Waals surface area contributed by atoms with Gasteiger partial charge in [0.1, 0.15) is 0 Å². The molecule has 6 heteroatoms.